The molecule has 2 rings (SSSR count). The fourth-order valence-electron chi connectivity index (χ4n) is 1.67. The molecule has 0 aliphatic carbocycles. The zero-order valence-corrected chi connectivity index (χ0v) is 11.9. The Balaban J connectivity index is 2.36. The van der Waals surface area contributed by atoms with Crippen molar-refractivity contribution < 1.29 is 19.1 Å². The zero-order valence-electron chi connectivity index (χ0n) is 10.4. The molecule has 0 saturated carbocycles. The average Bonchev–Trinajstić information content (AvgIpc) is 2.43. The second-order valence-electron chi connectivity index (χ2n) is 4.05. The molecule has 0 aliphatic heterocycles. The van der Waals surface area contributed by atoms with Crippen molar-refractivity contribution in [2.45, 2.75) is 0 Å². The number of hydrogen-bond donors (Lipinski definition) is 2. The topological polar surface area (TPSA) is 66.4 Å². The van der Waals surface area contributed by atoms with Gasteiger partial charge in [0.1, 0.15) is 0 Å². The number of hydrogen-bond acceptors (Lipinski definition) is 2. The lowest BCUT2D eigenvalue weighted by Gasteiger charge is -2.09. The van der Waals surface area contributed by atoms with E-state index >= 15 is 0 Å². The summed E-state index contributed by atoms with van der Waals surface area (Å²) in [6.07, 6.45) is 0. The first-order valence-electron chi connectivity index (χ1n) is 5.68. The van der Waals surface area contributed by atoms with Crippen LogP contribution in [0, 0.1) is 5.82 Å². The van der Waals surface area contributed by atoms with Gasteiger partial charge in [-0.05, 0) is 30.3 Å². The molecule has 1 amide bonds. The van der Waals surface area contributed by atoms with Gasteiger partial charge in [-0.3, -0.25) is 4.79 Å². The van der Waals surface area contributed by atoms with E-state index in [9.17, 15) is 14.0 Å². The minimum Gasteiger partial charge on any atom is -0.478 e. The molecule has 0 atom stereocenters. The summed E-state index contributed by atoms with van der Waals surface area (Å²) < 4.78 is 13.7. The van der Waals surface area contributed by atoms with Crippen molar-refractivity contribution in [1.29, 1.82) is 0 Å². The lowest BCUT2D eigenvalue weighted by Crippen LogP contribution is -2.16. The molecule has 4 nitrogen and oxygen atoms in total. The molecule has 2 N–H and O–H groups in total. The highest BCUT2D eigenvalue weighted by molar-refractivity contribution is 6.31. The van der Waals surface area contributed by atoms with Gasteiger partial charge in [-0.15, -0.1) is 0 Å². The predicted octanol–water partition coefficient (Wildman–Crippen LogP) is 4.08. The lowest BCUT2D eigenvalue weighted by molar-refractivity contribution is 0.0698. The van der Waals surface area contributed by atoms with Gasteiger partial charge >= 0.3 is 5.97 Å². The normalized spacial score (nSPS) is 10.2. The maximum Gasteiger partial charge on any atom is 0.337 e. The van der Waals surface area contributed by atoms with E-state index in [4.69, 9.17) is 28.3 Å². The number of carboxylic acids is 1. The highest BCUT2D eigenvalue weighted by Gasteiger charge is 2.17. The van der Waals surface area contributed by atoms with Crippen LogP contribution in [0.25, 0.3) is 0 Å². The summed E-state index contributed by atoms with van der Waals surface area (Å²) in [7, 11) is 0. The molecule has 0 saturated heterocycles. The Morgan fingerprint density at radius 2 is 1.81 bits per heavy atom. The molecule has 0 unspecified atom stereocenters. The van der Waals surface area contributed by atoms with Gasteiger partial charge < -0.3 is 10.4 Å². The molecule has 0 spiro atoms. The first-order valence-corrected chi connectivity index (χ1v) is 6.44. The Bertz CT molecular complexity index is 734. The molecule has 0 radical (unpaired) electrons. The third kappa shape index (κ3) is 3.32. The van der Waals surface area contributed by atoms with Crippen LogP contribution in [0.2, 0.25) is 10.0 Å². The van der Waals surface area contributed by atoms with Crippen molar-refractivity contribution in [2.24, 2.45) is 0 Å². The molecule has 108 valence electrons. The summed E-state index contributed by atoms with van der Waals surface area (Å²) in [6.45, 7) is 0. The van der Waals surface area contributed by atoms with Crippen LogP contribution in [-0.2, 0) is 0 Å². The quantitative estimate of drug-likeness (QED) is 0.892. The van der Waals surface area contributed by atoms with Gasteiger partial charge in [0.2, 0.25) is 0 Å². The van der Waals surface area contributed by atoms with Crippen molar-refractivity contribution in [3.05, 3.63) is 63.4 Å². The van der Waals surface area contributed by atoms with Crippen LogP contribution in [0.1, 0.15) is 20.7 Å². The summed E-state index contributed by atoms with van der Waals surface area (Å²) in [5.74, 6) is -2.94. The first kappa shape index (κ1) is 15.3. The van der Waals surface area contributed by atoms with Crippen molar-refractivity contribution in [2.75, 3.05) is 5.32 Å². The smallest absolute Gasteiger partial charge is 0.337 e. The number of carbonyl (C=O) groups is 2. The first-order chi connectivity index (χ1) is 9.90. The monoisotopic (exact) mass is 327 g/mol. The third-order valence-electron chi connectivity index (χ3n) is 2.66. The highest BCUT2D eigenvalue weighted by Crippen LogP contribution is 2.23. The van der Waals surface area contributed by atoms with Gasteiger partial charge in [-0.25, -0.2) is 9.18 Å². The highest BCUT2D eigenvalue weighted by atomic mass is 35.5. The zero-order chi connectivity index (χ0) is 15.6. The maximum absolute atomic E-state index is 13.7. The number of nitrogens with one attached hydrogen (secondary N) is 1. The van der Waals surface area contributed by atoms with E-state index in [1.807, 2.05) is 0 Å². The molecule has 0 aromatic heterocycles. The van der Waals surface area contributed by atoms with E-state index < -0.39 is 17.7 Å². The SMILES string of the molecule is O=C(O)c1cc(Cl)ccc1NC(=O)c1cccc(Cl)c1F. The van der Waals surface area contributed by atoms with E-state index in [-0.39, 0.29) is 26.9 Å². The molecule has 2 aromatic rings. The average molecular weight is 328 g/mol. The third-order valence-corrected chi connectivity index (χ3v) is 3.18. The van der Waals surface area contributed by atoms with Gasteiger partial charge in [-0.1, -0.05) is 29.3 Å². The van der Waals surface area contributed by atoms with Gasteiger partial charge in [0, 0.05) is 5.02 Å². The second kappa shape index (κ2) is 6.11. The van der Waals surface area contributed by atoms with Gasteiger partial charge in [0.15, 0.2) is 5.82 Å². The Hall–Kier alpha value is -2.11. The van der Waals surface area contributed by atoms with Crippen molar-refractivity contribution >= 4 is 40.8 Å². The van der Waals surface area contributed by atoms with E-state index in [1.54, 1.807) is 0 Å². The largest absolute Gasteiger partial charge is 0.478 e. The number of anilines is 1. The molecule has 0 fully saturated rings. The van der Waals surface area contributed by atoms with Crippen LogP contribution in [0.3, 0.4) is 0 Å². The predicted molar refractivity (Wildman–Crippen MR) is 77.8 cm³/mol. The molecule has 0 bridgehead atoms. The van der Waals surface area contributed by atoms with Crippen LogP contribution < -0.4 is 5.32 Å². The Morgan fingerprint density at radius 1 is 1.10 bits per heavy atom. The number of halogens is 3. The van der Waals surface area contributed by atoms with Crippen molar-refractivity contribution in [1.82, 2.24) is 0 Å². The van der Waals surface area contributed by atoms with Crippen LogP contribution >= 0.6 is 23.2 Å². The molecule has 2 aromatic carbocycles. The van der Waals surface area contributed by atoms with Gasteiger partial charge in [0.05, 0.1) is 21.8 Å². The summed E-state index contributed by atoms with van der Waals surface area (Å²) in [5, 5.41) is 11.4. The number of aromatic carboxylic acids is 1. The standard InChI is InChI=1S/C14H8Cl2FNO3/c15-7-4-5-11(9(6-7)14(20)21)18-13(19)8-2-1-3-10(16)12(8)17/h1-6H,(H,18,19)(H,20,21). The number of amides is 1. The molecule has 0 heterocycles. The van der Waals surface area contributed by atoms with E-state index in [1.165, 1.54) is 36.4 Å². The summed E-state index contributed by atoms with van der Waals surface area (Å²) >= 11 is 11.3. The van der Waals surface area contributed by atoms with Crippen molar-refractivity contribution in [3.8, 4) is 0 Å². The minimum atomic E-state index is -1.26. The molecule has 7 heteroatoms. The summed E-state index contributed by atoms with van der Waals surface area (Å²) in [5.41, 5.74) is -0.469. The number of rotatable bonds is 3. The van der Waals surface area contributed by atoms with E-state index in [0.717, 1.165) is 0 Å². The van der Waals surface area contributed by atoms with Gasteiger partial charge in [-0.2, -0.15) is 0 Å². The second-order valence-corrected chi connectivity index (χ2v) is 4.89. The molecular weight excluding hydrogens is 320 g/mol. The van der Waals surface area contributed by atoms with Crippen LogP contribution in [0.5, 0.6) is 0 Å². The van der Waals surface area contributed by atoms with Crippen molar-refractivity contribution in [3.63, 3.8) is 0 Å². The van der Waals surface area contributed by atoms with Gasteiger partial charge in [0.25, 0.3) is 5.91 Å². The van der Waals surface area contributed by atoms with E-state index in [0.29, 0.717) is 0 Å². The van der Waals surface area contributed by atoms with E-state index in [2.05, 4.69) is 5.32 Å². The maximum atomic E-state index is 13.7. The number of benzene rings is 2. The van der Waals surface area contributed by atoms with Crippen LogP contribution in [0.15, 0.2) is 36.4 Å². The molecule has 0 aliphatic rings. The molecule has 21 heavy (non-hydrogen) atoms. The number of carbonyl (C=O) groups excluding carboxylic acids is 1. The van der Waals surface area contributed by atoms with Crippen LogP contribution in [0.4, 0.5) is 10.1 Å². The summed E-state index contributed by atoms with van der Waals surface area (Å²) in [6, 6.07) is 7.89. The Morgan fingerprint density at radius 3 is 2.48 bits per heavy atom. The summed E-state index contributed by atoms with van der Waals surface area (Å²) in [4.78, 5) is 23.1. The lowest BCUT2D eigenvalue weighted by atomic mass is 10.1. The number of carboxylic acid groups (broad SMARTS) is 1. The minimum absolute atomic E-state index is 0.0104. The molecular formula is C14H8Cl2FNO3. The van der Waals surface area contributed by atoms with Crippen LogP contribution in [-0.4, -0.2) is 17.0 Å². The fourth-order valence-corrected chi connectivity index (χ4v) is 2.02. The fraction of sp³-hybridized carbons (Fsp3) is 0. The Labute approximate surface area is 129 Å². The Kier molecular flexibility index (Phi) is 4.45.